The Balaban J connectivity index is 1.64. The molecule has 0 fully saturated rings. The minimum absolute atomic E-state index is 0.168. The van der Waals surface area contributed by atoms with Crippen LogP contribution >= 0.6 is 0 Å². The monoisotopic (exact) mass is 443 g/mol. The van der Waals surface area contributed by atoms with Crippen molar-refractivity contribution in [2.24, 2.45) is 0 Å². The molecule has 0 spiro atoms. The van der Waals surface area contributed by atoms with Crippen LogP contribution in [0.15, 0.2) is 36.5 Å². The second-order valence-electron chi connectivity index (χ2n) is 7.35. The fourth-order valence-corrected chi connectivity index (χ4v) is 4.08. The van der Waals surface area contributed by atoms with Crippen LogP contribution in [0.1, 0.15) is 40.5 Å². The molecule has 0 saturated heterocycles. The highest BCUT2D eigenvalue weighted by Gasteiger charge is 2.29. The Bertz CT molecular complexity index is 1160. The van der Waals surface area contributed by atoms with E-state index in [0.29, 0.717) is 29.9 Å². The van der Waals surface area contributed by atoms with Crippen LogP contribution in [0.25, 0.3) is 5.69 Å². The predicted octanol–water partition coefficient (Wildman–Crippen LogP) is 3.98. The molecule has 32 heavy (non-hydrogen) atoms. The van der Waals surface area contributed by atoms with Gasteiger partial charge in [0.2, 0.25) is 5.75 Å². The van der Waals surface area contributed by atoms with Crippen molar-refractivity contribution in [2.45, 2.75) is 25.3 Å². The van der Waals surface area contributed by atoms with Crippen molar-refractivity contribution in [3.8, 4) is 22.9 Å². The molecule has 0 radical (unpaired) electrons. The third-order valence-corrected chi connectivity index (χ3v) is 5.58. The summed E-state index contributed by atoms with van der Waals surface area (Å²) in [5.41, 5.74) is 2.05. The Morgan fingerprint density at radius 3 is 2.56 bits per heavy atom. The number of amides is 1. The number of nitrogens with zero attached hydrogens (tertiary/aromatic N) is 2. The number of hydrogen-bond acceptors (Lipinski definition) is 5. The van der Waals surface area contributed by atoms with Gasteiger partial charge >= 0.3 is 0 Å². The lowest BCUT2D eigenvalue weighted by Crippen LogP contribution is -2.31. The number of carbonyl (C=O) groups is 1. The topological polar surface area (TPSA) is 74.6 Å². The van der Waals surface area contributed by atoms with Gasteiger partial charge in [-0.1, -0.05) is 0 Å². The summed E-state index contributed by atoms with van der Waals surface area (Å²) in [4.78, 5) is 13.1. The molecule has 0 saturated carbocycles. The summed E-state index contributed by atoms with van der Waals surface area (Å²) in [7, 11) is 4.43. The first kappa shape index (κ1) is 21.6. The van der Waals surface area contributed by atoms with E-state index in [9.17, 15) is 13.6 Å². The van der Waals surface area contributed by atoms with Crippen LogP contribution in [0, 0.1) is 11.6 Å². The first-order valence-electron chi connectivity index (χ1n) is 10.1. The standard InChI is InChI=1S/C23H23F2N3O4/c1-30-20-10-8-14(21(31-2)22(20)32-3)23(29)27-17-5-4-6-18-15(17)12-26-28(18)19-9-7-13(24)11-16(19)25/h7-12,17H,4-6H2,1-3H3,(H,27,29). The van der Waals surface area contributed by atoms with Gasteiger partial charge in [0.25, 0.3) is 5.91 Å². The summed E-state index contributed by atoms with van der Waals surface area (Å²) in [6.07, 6.45) is 3.76. The number of benzene rings is 2. The maximum Gasteiger partial charge on any atom is 0.255 e. The highest BCUT2D eigenvalue weighted by molar-refractivity contribution is 5.98. The summed E-state index contributed by atoms with van der Waals surface area (Å²) in [5.74, 6) is -0.653. The molecule has 7 nitrogen and oxygen atoms in total. The Morgan fingerprint density at radius 1 is 1.09 bits per heavy atom. The number of hydrogen-bond donors (Lipinski definition) is 1. The average Bonchev–Trinajstić information content (AvgIpc) is 3.22. The summed E-state index contributed by atoms with van der Waals surface area (Å²) in [6.45, 7) is 0. The summed E-state index contributed by atoms with van der Waals surface area (Å²) in [5, 5.41) is 7.34. The number of methoxy groups -OCH3 is 3. The van der Waals surface area contributed by atoms with E-state index >= 15 is 0 Å². The largest absolute Gasteiger partial charge is 0.493 e. The van der Waals surface area contributed by atoms with Crippen LogP contribution in [0.2, 0.25) is 0 Å². The molecule has 0 bridgehead atoms. The van der Waals surface area contributed by atoms with E-state index in [2.05, 4.69) is 10.4 Å². The minimum atomic E-state index is -0.697. The molecule has 1 aromatic heterocycles. The fourth-order valence-electron chi connectivity index (χ4n) is 4.08. The van der Waals surface area contributed by atoms with Crippen molar-refractivity contribution < 1.29 is 27.8 Å². The first-order chi connectivity index (χ1) is 15.5. The van der Waals surface area contributed by atoms with Crippen molar-refractivity contribution in [1.29, 1.82) is 0 Å². The number of fused-ring (bicyclic) bond motifs is 1. The molecule has 9 heteroatoms. The number of carbonyl (C=O) groups excluding carboxylic acids is 1. The van der Waals surface area contributed by atoms with Gasteiger partial charge in [0.1, 0.15) is 11.5 Å². The van der Waals surface area contributed by atoms with E-state index in [1.165, 1.54) is 38.1 Å². The number of nitrogens with one attached hydrogen (secondary N) is 1. The average molecular weight is 443 g/mol. The van der Waals surface area contributed by atoms with Gasteiger partial charge in [0, 0.05) is 17.3 Å². The van der Waals surface area contributed by atoms with Crippen LogP contribution in [-0.2, 0) is 6.42 Å². The second-order valence-corrected chi connectivity index (χ2v) is 7.35. The lowest BCUT2D eigenvalue weighted by atomic mass is 9.92. The van der Waals surface area contributed by atoms with Gasteiger partial charge in [0.05, 0.1) is 39.1 Å². The molecule has 4 rings (SSSR count). The fraction of sp³-hybridized carbons (Fsp3) is 0.304. The van der Waals surface area contributed by atoms with Crippen molar-refractivity contribution in [2.75, 3.05) is 21.3 Å². The van der Waals surface area contributed by atoms with E-state index in [1.54, 1.807) is 18.3 Å². The number of rotatable bonds is 6. The van der Waals surface area contributed by atoms with Crippen molar-refractivity contribution in [3.05, 3.63) is 65.0 Å². The molecule has 0 aliphatic heterocycles. The van der Waals surface area contributed by atoms with Crippen molar-refractivity contribution in [3.63, 3.8) is 0 Å². The van der Waals surface area contributed by atoms with Gasteiger partial charge in [-0.3, -0.25) is 4.79 Å². The van der Waals surface area contributed by atoms with Gasteiger partial charge < -0.3 is 19.5 Å². The van der Waals surface area contributed by atoms with Gasteiger partial charge in [0.15, 0.2) is 17.3 Å². The molecule has 2 aromatic carbocycles. The first-order valence-corrected chi connectivity index (χ1v) is 10.1. The van der Waals surface area contributed by atoms with E-state index < -0.39 is 11.6 Å². The molecule has 1 amide bonds. The zero-order valence-corrected chi connectivity index (χ0v) is 17.9. The van der Waals surface area contributed by atoms with E-state index in [0.717, 1.165) is 23.7 Å². The molecule has 1 aliphatic carbocycles. The zero-order valence-electron chi connectivity index (χ0n) is 17.9. The second kappa shape index (κ2) is 8.86. The van der Waals surface area contributed by atoms with Gasteiger partial charge in [-0.25, -0.2) is 13.5 Å². The Hall–Kier alpha value is -3.62. The normalized spacial score (nSPS) is 15.1. The van der Waals surface area contributed by atoms with Crippen LogP contribution in [0.3, 0.4) is 0 Å². The highest BCUT2D eigenvalue weighted by atomic mass is 19.1. The van der Waals surface area contributed by atoms with E-state index in [1.807, 2.05) is 0 Å². The molecular formula is C23H23F2N3O4. The van der Waals surface area contributed by atoms with Crippen LogP contribution in [0.4, 0.5) is 8.78 Å². The third kappa shape index (κ3) is 3.74. The maximum atomic E-state index is 14.3. The smallest absolute Gasteiger partial charge is 0.255 e. The molecule has 1 atom stereocenters. The van der Waals surface area contributed by atoms with E-state index in [4.69, 9.17) is 14.2 Å². The van der Waals surface area contributed by atoms with Gasteiger partial charge in [-0.2, -0.15) is 5.10 Å². The van der Waals surface area contributed by atoms with Crippen LogP contribution in [0.5, 0.6) is 17.2 Å². The minimum Gasteiger partial charge on any atom is -0.493 e. The number of aromatic nitrogens is 2. The molecular weight excluding hydrogens is 420 g/mol. The maximum absolute atomic E-state index is 14.3. The molecule has 1 unspecified atom stereocenters. The zero-order chi connectivity index (χ0) is 22.8. The Kier molecular flexibility index (Phi) is 5.98. The van der Waals surface area contributed by atoms with Crippen LogP contribution < -0.4 is 19.5 Å². The summed E-state index contributed by atoms with van der Waals surface area (Å²) < 4.78 is 45.2. The SMILES string of the molecule is COc1ccc(C(=O)NC2CCCc3c2cnn3-c2ccc(F)cc2F)c(OC)c1OC. The highest BCUT2D eigenvalue weighted by Crippen LogP contribution is 2.40. The summed E-state index contributed by atoms with van der Waals surface area (Å²) in [6, 6.07) is 6.30. The Morgan fingerprint density at radius 2 is 1.88 bits per heavy atom. The molecule has 3 aromatic rings. The molecule has 1 aliphatic rings. The predicted molar refractivity (Wildman–Crippen MR) is 113 cm³/mol. The molecule has 1 N–H and O–H groups in total. The van der Waals surface area contributed by atoms with Crippen molar-refractivity contribution in [1.82, 2.24) is 15.1 Å². The lowest BCUT2D eigenvalue weighted by Gasteiger charge is -2.25. The molecule has 1 heterocycles. The quantitative estimate of drug-likeness (QED) is 0.624. The van der Waals surface area contributed by atoms with Crippen LogP contribution in [-0.4, -0.2) is 37.0 Å². The molecule has 168 valence electrons. The Labute approximate surface area is 183 Å². The lowest BCUT2D eigenvalue weighted by molar-refractivity contribution is 0.0929. The number of ether oxygens (including phenoxy) is 3. The third-order valence-electron chi connectivity index (χ3n) is 5.58. The van der Waals surface area contributed by atoms with E-state index in [-0.39, 0.29) is 23.4 Å². The van der Waals surface area contributed by atoms with Gasteiger partial charge in [-0.15, -0.1) is 0 Å². The van der Waals surface area contributed by atoms with Gasteiger partial charge in [-0.05, 0) is 43.5 Å². The number of halogens is 2. The summed E-state index contributed by atoms with van der Waals surface area (Å²) >= 11 is 0. The van der Waals surface area contributed by atoms with Crippen molar-refractivity contribution >= 4 is 5.91 Å².